The molecule has 0 heterocycles. The summed E-state index contributed by atoms with van der Waals surface area (Å²) in [6, 6.07) is 4.20. The van der Waals surface area contributed by atoms with Crippen molar-refractivity contribution in [2.24, 2.45) is 0 Å². The van der Waals surface area contributed by atoms with Crippen molar-refractivity contribution in [3.8, 4) is 0 Å². The Kier molecular flexibility index (Phi) is 11.1. The van der Waals surface area contributed by atoms with E-state index in [9.17, 15) is 40.3 Å². The molecule has 11 heteroatoms. The minimum Gasteiger partial charge on any atom is -0.462 e. The molecule has 0 atom stereocenters. The van der Waals surface area contributed by atoms with Gasteiger partial charge in [0.2, 0.25) is 0 Å². The van der Waals surface area contributed by atoms with Gasteiger partial charge in [-0.1, -0.05) is 51.9 Å². The number of rotatable bonds is 14. The van der Waals surface area contributed by atoms with Gasteiger partial charge in [-0.25, -0.2) is 9.59 Å². The highest BCUT2D eigenvalue weighted by Gasteiger charge is 2.73. The van der Waals surface area contributed by atoms with Gasteiger partial charge in [0, 0.05) is 0 Å². The van der Waals surface area contributed by atoms with Crippen LogP contribution >= 0.6 is 0 Å². The van der Waals surface area contributed by atoms with E-state index >= 15 is 0 Å². The standard InChI is InChI=1S/C22H27F7O4/c1-2-3-4-5-6-7-8-9-14-32-18(30)16-10-12-17(13-11-16)19(31)33-15-20(23,24)21(25,26)22(27,28)29/h10-13H,2-9,14-15H2,1H3. The summed E-state index contributed by atoms with van der Waals surface area (Å²) in [5, 5.41) is 0. The van der Waals surface area contributed by atoms with Crippen molar-refractivity contribution < 1.29 is 49.8 Å². The first-order chi connectivity index (χ1) is 15.3. The lowest BCUT2D eigenvalue weighted by Gasteiger charge is -2.27. The molecule has 0 amide bonds. The number of benzene rings is 1. The molecule has 0 N–H and O–H groups in total. The second kappa shape index (κ2) is 12.8. The molecule has 1 aromatic rings. The number of hydrogen-bond donors (Lipinski definition) is 0. The van der Waals surface area contributed by atoms with Gasteiger partial charge >= 0.3 is 30.0 Å². The zero-order valence-corrected chi connectivity index (χ0v) is 18.2. The van der Waals surface area contributed by atoms with Gasteiger partial charge in [0.1, 0.15) is 0 Å². The third-order valence-corrected chi connectivity index (χ3v) is 4.79. The number of hydrogen-bond acceptors (Lipinski definition) is 4. The van der Waals surface area contributed by atoms with Crippen molar-refractivity contribution in [3.05, 3.63) is 35.4 Å². The fourth-order valence-electron chi connectivity index (χ4n) is 2.76. The minimum atomic E-state index is -6.51. The quantitative estimate of drug-likeness (QED) is 0.161. The summed E-state index contributed by atoms with van der Waals surface area (Å²) < 4.78 is 97.3. The van der Waals surface area contributed by atoms with Crippen molar-refractivity contribution in [2.75, 3.05) is 13.2 Å². The topological polar surface area (TPSA) is 52.6 Å². The average molecular weight is 488 g/mol. The normalized spacial score (nSPS) is 12.5. The second-order valence-corrected chi connectivity index (χ2v) is 7.54. The first-order valence-corrected chi connectivity index (χ1v) is 10.6. The molecule has 33 heavy (non-hydrogen) atoms. The van der Waals surface area contributed by atoms with Crippen LogP contribution in [0.5, 0.6) is 0 Å². The summed E-state index contributed by atoms with van der Waals surface area (Å²) >= 11 is 0. The zero-order valence-electron chi connectivity index (χ0n) is 18.2. The van der Waals surface area contributed by atoms with E-state index in [2.05, 4.69) is 11.7 Å². The van der Waals surface area contributed by atoms with Gasteiger partial charge in [-0.05, 0) is 30.7 Å². The van der Waals surface area contributed by atoms with E-state index in [0.29, 0.717) is 6.42 Å². The highest BCUT2D eigenvalue weighted by molar-refractivity contribution is 5.93. The van der Waals surface area contributed by atoms with Crippen LogP contribution in [0.4, 0.5) is 30.7 Å². The van der Waals surface area contributed by atoms with Crippen LogP contribution in [0.1, 0.15) is 79.0 Å². The van der Waals surface area contributed by atoms with Crippen LogP contribution in [0.25, 0.3) is 0 Å². The number of carbonyl (C=O) groups is 2. The van der Waals surface area contributed by atoms with Crippen LogP contribution in [0.15, 0.2) is 24.3 Å². The molecule has 1 aromatic carbocycles. The first-order valence-electron chi connectivity index (χ1n) is 10.6. The SMILES string of the molecule is CCCCCCCCCCOC(=O)c1ccc(C(=O)OCC(F)(F)C(F)(F)C(F)(F)F)cc1. The van der Waals surface area contributed by atoms with Crippen molar-refractivity contribution >= 4 is 11.9 Å². The third kappa shape index (κ3) is 8.85. The van der Waals surface area contributed by atoms with Gasteiger partial charge < -0.3 is 9.47 Å². The van der Waals surface area contributed by atoms with E-state index in [1.54, 1.807) is 0 Å². The smallest absolute Gasteiger partial charge is 0.460 e. The lowest BCUT2D eigenvalue weighted by Crippen LogP contribution is -2.54. The maximum absolute atomic E-state index is 13.2. The molecule has 188 valence electrons. The summed E-state index contributed by atoms with van der Waals surface area (Å²) in [7, 11) is 0. The highest BCUT2D eigenvalue weighted by Crippen LogP contribution is 2.46. The fraction of sp³-hybridized carbons (Fsp3) is 0.636. The molecule has 0 aromatic heterocycles. The Morgan fingerprint density at radius 3 is 1.58 bits per heavy atom. The number of esters is 2. The van der Waals surface area contributed by atoms with Crippen LogP contribution in [0.3, 0.4) is 0 Å². The van der Waals surface area contributed by atoms with Gasteiger partial charge in [0.25, 0.3) is 0 Å². The number of unbranched alkanes of at least 4 members (excludes halogenated alkanes) is 7. The molecule has 0 unspecified atom stereocenters. The highest BCUT2D eigenvalue weighted by atomic mass is 19.4. The van der Waals surface area contributed by atoms with E-state index in [0.717, 1.165) is 43.5 Å². The molecule has 0 bridgehead atoms. The van der Waals surface area contributed by atoms with Crippen molar-refractivity contribution in [1.29, 1.82) is 0 Å². The molecule has 0 fully saturated rings. The summed E-state index contributed by atoms with van der Waals surface area (Å²) in [6.07, 6.45) is 1.99. The Labute approximate surface area is 187 Å². The number of ether oxygens (including phenoxy) is 2. The molecule has 4 nitrogen and oxygen atoms in total. The number of carbonyl (C=O) groups excluding carboxylic acids is 2. The average Bonchev–Trinajstić information content (AvgIpc) is 2.75. The lowest BCUT2D eigenvalue weighted by atomic mass is 10.1. The molecule has 0 aliphatic heterocycles. The van der Waals surface area contributed by atoms with Gasteiger partial charge in [-0.2, -0.15) is 30.7 Å². The Balaban J connectivity index is 2.44. The summed E-state index contributed by atoms with van der Waals surface area (Å²) in [6.45, 7) is -0.137. The maximum Gasteiger partial charge on any atom is 0.460 e. The Bertz CT molecular complexity index is 746. The number of halogens is 7. The minimum absolute atomic E-state index is 0.0417. The maximum atomic E-state index is 13.2. The van der Waals surface area contributed by atoms with Gasteiger partial charge in [-0.3, -0.25) is 0 Å². The lowest BCUT2D eigenvalue weighted by molar-refractivity contribution is -0.359. The van der Waals surface area contributed by atoms with Crippen molar-refractivity contribution in [3.63, 3.8) is 0 Å². The first kappa shape index (κ1) is 28.7. The summed E-state index contributed by atoms with van der Waals surface area (Å²) in [5.41, 5.74) is -0.374. The summed E-state index contributed by atoms with van der Waals surface area (Å²) in [4.78, 5) is 23.7. The van der Waals surface area contributed by atoms with E-state index < -0.39 is 42.1 Å². The van der Waals surface area contributed by atoms with Crippen LogP contribution in [0, 0.1) is 0 Å². The molecule has 0 saturated carbocycles. The van der Waals surface area contributed by atoms with Crippen molar-refractivity contribution in [1.82, 2.24) is 0 Å². The van der Waals surface area contributed by atoms with Gasteiger partial charge in [0.15, 0.2) is 6.61 Å². The predicted molar refractivity (Wildman–Crippen MR) is 106 cm³/mol. The summed E-state index contributed by atoms with van der Waals surface area (Å²) in [5.74, 6) is -14.3. The molecule has 0 aliphatic rings. The largest absolute Gasteiger partial charge is 0.462 e. The van der Waals surface area contributed by atoms with E-state index in [4.69, 9.17) is 4.74 Å². The third-order valence-electron chi connectivity index (χ3n) is 4.79. The fourth-order valence-corrected chi connectivity index (χ4v) is 2.76. The van der Waals surface area contributed by atoms with Crippen molar-refractivity contribution in [2.45, 2.75) is 76.3 Å². The zero-order chi connectivity index (χ0) is 25.1. The van der Waals surface area contributed by atoms with Crippen LogP contribution < -0.4 is 0 Å². The predicted octanol–water partition coefficient (Wildman–Crippen LogP) is 6.97. The van der Waals surface area contributed by atoms with Crippen LogP contribution in [-0.4, -0.2) is 43.2 Å². The van der Waals surface area contributed by atoms with Gasteiger partial charge in [-0.15, -0.1) is 0 Å². The molecule has 0 radical (unpaired) electrons. The molecule has 0 saturated heterocycles. The van der Waals surface area contributed by atoms with E-state index in [1.165, 1.54) is 25.7 Å². The van der Waals surface area contributed by atoms with E-state index in [1.807, 2.05) is 0 Å². The van der Waals surface area contributed by atoms with Crippen LogP contribution in [-0.2, 0) is 9.47 Å². The monoisotopic (exact) mass is 488 g/mol. The Morgan fingerprint density at radius 2 is 1.12 bits per heavy atom. The number of alkyl halides is 7. The van der Waals surface area contributed by atoms with Gasteiger partial charge in [0.05, 0.1) is 17.7 Å². The van der Waals surface area contributed by atoms with E-state index in [-0.39, 0.29) is 12.2 Å². The molecule has 0 aliphatic carbocycles. The van der Waals surface area contributed by atoms with Crippen LogP contribution in [0.2, 0.25) is 0 Å². The Morgan fingerprint density at radius 1 is 0.697 bits per heavy atom. The molecular weight excluding hydrogens is 461 g/mol. The molecule has 1 rings (SSSR count). The molecular formula is C22H27F7O4. The Hall–Kier alpha value is -2.33. The second-order valence-electron chi connectivity index (χ2n) is 7.54. The molecule has 0 spiro atoms.